The van der Waals surface area contributed by atoms with Crippen LogP contribution in [0.15, 0.2) is 59.7 Å². The zero-order valence-electron chi connectivity index (χ0n) is 16.4. The molecule has 0 spiro atoms. The molecular weight excluding hydrogens is 380 g/mol. The SMILES string of the molecule is O=C1/C(=N\NC(=S)Nc2ccccc2)c2ccccc2N1CCC1CCCCC1. The molecule has 0 atom stereocenters. The third kappa shape index (κ3) is 4.65. The second-order valence-electron chi connectivity index (χ2n) is 7.66. The van der Waals surface area contributed by atoms with Crippen LogP contribution >= 0.6 is 12.2 Å². The summed E-state index contributed by atoms with van der Waals surface area (Å²) < 4.78 is 0. The van der Waals surface area contributed by atoms with Crippen molar-refractivity contribution in [2.24, 2.45) is 11.0 Å². The average molecular weight is 407 g/mol. The lowest BCUT2D eigenvalue weighted by Gasteiger charge is -2.24. The van der Waals surface area contributed by atoms with Gasteiger partial charge in [0.15, 0.2) is 10.8 Å². The lowest BCUT2D eigenvalue weighted by Crippen LogP contribution is -2.34. The van der Waals surface area contributed by atoms with E-state index in [0.29, 0.717) is 10.8 Å². The maximum absolute atomic E-state index is 13.1. The molecule has 29 heavy (non-hydrogen) atoms. The number of fused-ring (bicyclic) bond motifs is 1. The number of thiocarbonyl (C=S) groups is 1. The molecular formula is C23H26N4OS. The fourth-order valence-electron chi connectivity index (χ4n) is 4.17. The van der Waals surface area contributed by atoms with E-state index in [1.807, 2.05) is 59.5 Å². The van der Waals surface area contributed by atoms with Gasteiger partial charge in [0, 0.05) is 17.8 Å². The average Bonchev–Trinajstić information content (AvgIpc) is 3.03. The van der Waals surface area contributed by atoms with Crippen molar-refractivity contribution >= 4 is 40.3 Å². The predicted molar refractivity (Wildman–Crippen MR) is 122 cm³/mol. The molecule has 0 saturated heterocycles. The summed E-state index contributed by atoms with van der Waals surface area (Å²) in [6.45, 7) is 0.742. The van der Waals surface area contributed by atoms with Crippen LogP contribution in [0.2, 0.25) is 0 Å². The summed E-state index contributed by atoms with van der Waals surface area (Å²) in [5.41, 5.74) is 5.92. The lowest BCUT2D eigenvalue weighted by atomic mass is 9.87. The molecule has 1 aliphatic heterocycles. The Labute approximate surface area is 177 Å². The minimum absolute atomic E-state index is 0.0583. The van der Waals surface area contributed by atoms with E-state index in [1.165, 1.54) is 32.1 Å². The molecule has 1 heterocycles. The van der Waals surface area contributed by atoms with Crippen LogP contribution in [0.4, 0.5) is 11.4 Å². The second-order valence-corrected chi connectivity index (χ2v) is 8.07. The molecule has 1 aliphatic carbocycles. The number of amides is 1. The number of hydrogen-bond donors (Lipinski definition) is 2. The van der Waals surface area contributed by atoms with Gasteiger partial charge in [-0.25, -0.2) is 0 Å². The predicted octanol–water partition coefficient (Wildman–Crippen LogP) is 4.69. The topological polar surface area (TPSA) is 56.7 Å². The van der Waals surface area contributed by atoms with E-state index in [2.05, 4.69) is 15.8 Å². The second kappa shape index (κ2) is 9.18. The first-order valence-corrected chi connectivity index (χ1v) is 10.7. The molecule has 2 aliphatic rings. The highest BCUT2D eigenvalue weighted by Crippen LogP contribution is 2.32. The van der Waals surface area contributed by atoms with Crippen molar-refractivity contribution in [2.45, 2.75) is 38.5 Å². The number of hydrogen-bond acceptors (Lipinski definition) is 3. The number of hydrazone groups is 1. The van der Waals surface area contributed by atoms with Gasteiger partial charge in [0.1, 0.15) is 0 Å². The Morgan fingerprint density at radius 1 is 1.03 bits per heavy atom. The summed E-state index contributed by atoms with van der Waals surface area (Å²) in [6, 6.07) is 17.5. The van der Waals surface area contributed by atoms with Crippen LogP contribution in [0, 0.1) is 5.92 Å². The number of anilines is 2. The lowest BCUT2D eigenvalue weighted by molar-refractivity contribution is -0.112. The van der Waals surface area contributed by atoms with Gasteiger partial charge in [0.2, 0.25) is 0 Å². The summed E-state index contributed by atoms with van der Waals surface area (Å²) in [6.07, 6.45) is 7.60. The molecule has 0 unspecified atom stereocenters. The minimum atomic E-state index is -0.0583. The zero-order chi connectivity index (χ0) is 20.1. The van der Waals surface area contributed by atoms with Crippen molar-refractivity contribution < 1.29 is 4.79 Å². The Morgan fingerprint density at radius 3 is 2.55 bits per heavy atom. The number of nitrogens with one attached hydrogen (secondary N) is 2. The van der Waals surface area contributed by atoms with E-state index in [1.54, 1.807) is 0 Å². The third-order valence-electron chi connectivity index (χ3n) is 5.68. The summed E-state index contributed by atoms with van der Waals surface area (Å²) in [7, 11) is 0. The monoisotopic (exact) mass is 406 g/mol. The van der Waals surface area contributed by atoms with Crippen LogP contribution < -0.4 is 15.6 Å². The van der Waals surface area contributed by atoms with E-state index < -0.39 is 0 Å². The van der Waals surface area contributed by atoms with E-state index in [4.69, 9.17) is 12.2 Å². The molecule has 2 aromatic carbocycles. The molecule has 0 aromatic heterocycles. The Balaban J connectivity index is 1.45. The number of para-hydroxylation sites is 2. The standard InChI is InChI=1S/C23H26N4OS/c28-22-21(25-26-23(29)24-18-11-5-2-6-12-18)19-13-7-8-14-20(19)27(22)16-15-17-9-3-1-4-10-17/h2,5-8,11-14,17H,1,3-4,9-10,15-16H2,(H2,24,26,29)/b25-21-. The van der Waals surface area contributed by atoms with Gasteiger partial charge >= 0.3 is 0 Å². The minimum Gasteiger partial charge on any atom is -0.331 e. The van der Waals surface area contributed by atoms with Crippen molar-refractivity contribution in [2.75, 3.05) is 16.8 Å². The maximum atomic E-state index is 13.1. The van der Waals surface area contributed by atoms with E-state index in [-0.39, 0.29) is 5.91 Å². The van der Waals surface area contributed by atoms with Gasteiger partial charge in [-0.15, -0.1) is 0 Å². The van der Waals surface area contributed by atoms with E-state index in [0.717, 1.165) is 35.8 Å². The van der Waals surface area contributed by atoms with Gasteiger partial charge in [-0.05, 0) is 42.8 Å². The van der Waals surface area contributed by atoms with Gasteiger partial charge in [-0.3, -0.25) is 10.2 Å². The number of rotatable bonds is 5. The van der Waals surface area contributed by atoms with Gasteiger partial charge in [-0.1, -0.05) is 68.5 Å². The highest BCUT2D eigenvalue weighted by Gasteiger charge is 2.34. The van der Waals surface area contributed by atoms with Crippen LogP contribution in [-0.2, 0) is 4.79 Å². The smallest absolute Gasteiger partial charge is 0.279 e. The van der Waals surface area contributed by atoms with Crippen LogP contribution in [0.25, 0.3) is 0 Å². The molecule has 1 saturated carbocycles. The first-order valence-electron chi connectivity index (χ1n) is 10.3. The van der Waals surface area contributed by atoms with Crippen molar-refractivity contribution in [3.8, 4) is 0 Å². The van der Waals surface area contributed by atoms with Crippen LogP contribution in [0.5, 0.6) is 0 Å². The Hall–Kier alpha value is -2.73. The molecule has 0 radical (unpaired) electrons. The molecule has 1 amide bonds. The largest absolute Gasteiger partial charge is 0.331 e. The number of nitrogens with zero attached hydrogens (tertiary/aromatic N) is 2. The number of carbonyl (C=O) groups excluding carboxylic acids is 1. The quantitative estimate of drug-likeness (QED) is 0.558. The van der Waals surface area contributed by atoms with Crippen LogP contribution in [0.1, 0.15) is 44.1 Å². The maximum Gasteiger partial charge on any atom is 0.279 e. The molecule has 2 N–H and O–H groups in total. The summed E-state index contributed by atoms with van der Waals surface area (Å²) in [5.74, 6) is 0.669. The fourth-order valence-corrected chi connectivity index (χ4v) is 4.33. The summed E-state index contributed by atoms with van der Waals surface area (Å²) >= 11 is 5.32. The third-order valence-corrected chi connectivity index (χ3v) is 5.88. The van der Waals surface area contributed by atoms with Gasteiger partial charge < -0.3 is 10.2 Å². The highest BCUT2D eigenvalue weighted by atomic mass is 32.1. The zero-order valence-corrected chi connectivity index (χ0v) is 17.3. The molecule has 2 aromatic rings. The summed E-state index contributed by atoms with van der Waals surface area (Å²) in [4.78, 5) is 15.0. The number of carbonyl (C=O) groups is 1. The van der Waals surface area contributed by atoms with Gasteiger partial charge in [0.25, 0.3) is 5.91 Å². The summed E-state index contributed by atoms with van der Waals surface area (Å²) in [5, 5.41) is 7.79. The normalized spacial score (nSPS) is 18.0. The molecule has 4 rings (SSSR count). The molecule has 1 fully saturated rings. The fraction of sp³-hybridized carbons (Fsp3) is 0.348. The Kier molecular flexibility index (Phi) is 6.20. The van der Waals surface area contributed by atoms with Crippen LogP contribution in [-0.4, -0.2) is 23.3 Å². The molecule has 6 heteroatoms. The van der Waals surface area contributed by atoms with E-state index >= 15 is 0 Å². The first kappa shape index (κ1) is 19.6. The van der Waals surface area contributed by atoms with Crippen molar-refractivity contribution in [3.05, 3.63) is 60.2 Å². The van der Waals surface area contributed by atoms with Gasteiger partial charge in [-0.2, -0.15) is 5.10 Å². The van der Waals surface area contributed by atoms with Crippen molar-refractivity contribution in [1.29, 1.82) is 0 Å². The molecule has 150 valence electrons. The first-order chi connectivity index (χ1) is 14.2. The molecule has 0 bridgehead atoms. The molecule has 5 nitrogen and oxygen atoms in total. The van der Waals surface area contributed by atoms with Crippen molar-refractivity contribution in [3.63, 3.8) is 0 Å². The number of benzene rings is 2. The van der Waals surface area contributed by atoms with Crippen LogP contribution in [0.3, 0.4) is 0 Å². The van der Waals surface area contributed by atoms with Crippen molar-refractivity contribution in [1.82, 2.24) is 5.43 Å². The van der Waals surface area contributed by atoms with E-state index in [9.17, 15) is 4.79 Å². The van der Waals surface area contributed by atoms with Gasteiger partial charge in [0.05, 0.1) is 5.69 Å². The highest BCUT2D eigenvalue weighted by molar-refractivity contribution is 7.80. The Bertz CT molecular complexity index is 906. The Morgan fingerprint density at radius 2 is 1.76 bits per heavy atom.